The predicted molar refractivity (Wildman–Crippen MR) is 89.3 cm³/mol. The maximum absolute atomic E-state index is 12.2. The zero-order chi connectivity index (χ0) is 17.0. The van der Waals surface area contributed by atoms with Crippen molar-refractivity contribution in [2.45, 2.75) is 26.7 Å². The second kappa shape index (κ2) is 7.00. The highest BCUT2D eigenvalue weighted by Gasteiger charge is 2.21. The highest BCUT2D eigenvalue weighted by molar-refractivity contribution is 6.03. The summed E-state index contributed by atoms with van der Waals surface area (Å²) in [5.41, 5.74) is 5.04. The molecule has 0 spiro atoms. The van der Waals surface area contributed by atoms with Crippen LogP contribution in [0, 0.1) is 16.0 Å². The van der Waals surface area contributed by atoms with Crippen molar-refractivity contribution >= 4 is 17.3 Å². The SMILES string of the molecule is C=C(C)C1CC=C(C)/C(=N\NC(=O)c2ccccc2[N+](=O)[O-])C1. The molecule has 6 heteroatoms. The fourth-order valence-electron chi connectivity index (χ4n) is 2.43. The maximum atomic E-state index is 12.2. The fraction of sp³-hybridized carbons (Fsp3) is 0.294. The second-order valence-corrected chi connectivity index (χ2v) is 5.64. The lowest BCUT2D eigenvalue weighted by Crippen LogP contribution is -2.23. The second-order valence-electron chi connectivity index (χ2n) is 5.64. The Morgan fingerprint density at radius 3 is 2.78 bits per heavy atom. The molecule has 1 aliphatic carbocycles. The highest BCUT2D eigenvalue weighted by atomic mass is 16.6. The number of amides is 1. The molecule has 1 aromatic carbocycles. The molecular formula is C17H19N3O3. The zero-order valence-electron chi connectivity index (χ0n) is 13.2. The lowest BCUT2D eigenvalue weighted by atomic mass is 9.85. The maximum Gasteiger partial charge on any atom is 0.282 e. The summed E-state index contributed by atoms with van der Waals surface area (Å²) in [5, 5.41) is 15.1. The number of hydrogen-bond acceptors (Lipinski definition) is 4. The number of hydrazone groups is 1. The first-order valence-electron chi connectivity index (χ1n) is 7.33. The number of nitrogens with zero attached hydrogens (tertiary/aromatic N) is 2. The van der Waals surface area contributed by atoms with Crippen molar-refractivity contribution in [1.29, 1.82) is 0 Å². The van der Waals surface area contributed by atoms with Gasteiger partial charge < -0.3 is 0 Å². The molecule has 0 aliphatic heterocycles. The molecule has 1 atom stereocenters. The van der Waals surface area contributed by atoms with Crippen LogP contribution in [0.25, 0.3) is 0 Å². The number of para-hydroxylation sites is 1. The molecule has 23 heavy (non-hydrogen) atoms. The van der Waals surface area contributed by atoms with Gasteiger partial charge in [0.1, 0.15) is 5.56 Å². The summed E-state index contributed by atoms with van der Waals surface area (Å²) in [6.45, 7) is 7.88. The van der Waals surface area contributed by atoms with Crippen LogP contribution in [0.15, 0.2) is 53.2 Å². The van der Waals surface area contributed by atoms with Crippen LogP contribution in [0.5, 0.6) is 0 Å². The van der Waals surface area contributed by atoms with Crippen LogP contribution >= 0.6 is 0 Å². The normalized spacial score (nSPS) is 19.1. The Bertz CT molecular complexity index is 720. The van der Waals surface area contributed by atoms with Crippen LogP contribution in [-0.4, -0.2) is 16.5 Å². The van der Waals surface area contributed by atoms with Gasteiger partial charge in [-0.2, -0.15) is 5.10 Å². The van der Waals surface area contributed by atoms with E-state index < -0.39 is 10.8 Å². The number of hydrogen-bond donors (Lipinski definition) is 1. The molecule has 1 amide bonds. The van der Waals surface area contributed by atoms with E-state index in [1.165, 1.54) is 18.2 Å². The molecule has 0 radical (unpaired) electrons. The molecule has 0 heterocycles. The Hall–Kier alpha value is -2.76. The van der Waals surface area contributed by atoms with Gasteiger partial charge in [-0.1, -0.05) is 30.4 Å². The highest BCUT2D eigenvalue weighted by Crippen LogP contribution is 2.26. The summed E-state index contributed by atoms with van der Waals surface area (Å²) in [6.07, 6.45) is 3.69. The van der Waals surface area contributed by atoms with Gasteiger partial charge in [-0.05, 0) is 44.2 Å². The molecule has 2 rings (SSSR count). The Morgan fingerprint density at radius 1 is 1.43 bits per heavy atom. The lowest BCUT2D eigenvalue weighted by Gasteiger charge is -2.22. The van der Waals surface area contributed by atoms with Crippen LogP contribution < -0.4 is 5.43 Å². The standard InChI is InChI=1S/C17H19N3O3/c1-11(2)13-9-8-12(3)15(10-13)18-19-17(21)14-6-4-5-7-16(14)20(22)23/h4-8,13H,1,9-10H2,2-3H3,(H,19,21)/b18-15-. The first kappa shape index (κ1) is 16.6. The summed E-state index contributed by atoms with van der Waals surface area (Å²) in [7, 11) is 0. The molecule has 1 N–H and O–H groups in total. The summed E-state index contributed by atoms with van der Waals surface area (Å²) in [5.74, 6) is -0.282. The van der Waals surface area contributed by atoms with E-state index >= 15 is 0 Å². The van der Waals surface area contributed by atoms with Gasteiger partial charge in [0.05, 0.1) is 10.6 Å². The number of benzene rings is 1. The van der Waals surface area contributed by atoms with Crippen molar-refractivity contribution in [3.8, 4) is 0 Å². The third kappa shape index (κ3) is 3.91. The average molecular weight is 313 g/mol. The Balaban J connectivity index is 2.18. The summed E-state index contributed by atoms with van der Waals surface area (Å²) >= 11 is 0. The molecule has 0 bridgehead atoms. The number of nitro groups is 1. The number of allylic oxidation sites excluding steroid dienone is 3. The van der Waals surface area contributed by atoms with Crippen molar-refractivity contribution < 1.29 is 9.72 Å². The van der Waals surface area contributed by atoms with Crippen LogP contribution in [-0.2, 0) is 0 Å². The van der Waals surface area contributed by atoms with Crippen molar-refractivity contribution in [3.63, 3.8) is 0 Å². The number of rotatable bonds is 4. The summed E-state index contributed by atoms with van der Waals surface area (Å²) in [6, 6.07) is 5.81. The third-order valence-electron chi connectivity index (χ3n) is 3.94. The molecular weight excluding hydrogens is 294 g/mol. The number of carbonyl (C=O) groups is 1. The van der Waals surface area contributed by atoms with Crippen LogP contribution in [0.3, 0.4) is 0 Å². The Morgan fingerprint density at radius 2 is 2.13 bits per heavy atom. The van der Waals surface area contributed by atoms with Gasteiger partial charge in [0.2, 0.25) is 0 Å². The van der Waals surface area contributed by atoms with Gasteiger partial charge in [0, 0.05) is 6.07 Å². The van der Waals surface area contributed by atoms with E-state index in [0.717, 1.165) is 23.3 Å². The Labute approximate surface area is 134 Å². The predicted octanol–water partition coefficient (Wildman–Crippen LogP) is 3.61. The average Bonchev–Trinajstić information content (AvgIpc) is 2.53. The molecule has 0 aromatic heterocycles. The molecule has 1 aromatic rings. The largest absolute Gasteiger partial charge is 0.282 e. The van der Waals surface area contributed by atoms with Crippen molar-refractivity contribution in [2.75, 3.05) is 0 Å². The van der Waals surface area contributed by atoms with E-state index in [1.807, 2.05) is 13.8 Å². The minimum absolute atomic E-state index is 0.00394. The minimum Gasteiger partial charge on any atom is -0.267 e. The zero-order valence-corrected chi connectivity index (χ0v) is 13.2. The van der Waals surface area contributed by atoms with E-state index in [0.29, 0.717) is 12.3 Å². The van der Waals surface area contributed by atoms with Gasteiger partial charge in [0.25, 0.3) is 11.6 Å². The molecule has 0 fully saturated rings. The topological polar surface area (TPSA) is 84.6 Å². The van der Waals surface area contributed by atoms with Crippen LogP contribution in [0.1, 0.15) is 37.0 Å². The fourth-order valence-corrected chi connectivity index (χ4v) is 2.43. The first-order valence-corrected chi connectivity index (χ1v) is 7.33. The lowest BCUT2D eigenvalue weighted by molar-refractivity contribution is -0.385. The first-order chi connectivity index (χ1) is 10.9. The Kier molecular flexibility index (Phi) is 5.05. The van der Waals surface area contributed by atoms with Crippen molar-refractivity contribution in [2.24, 2.45) is 11.0 Å². The quantitative estimate of drug-likeness (QED) is 0.523. The summed E-state index contributed by atoms with van der Waals surface area (Å²) < 4.78 is 0. The molecule has 0 saturated carbocycles. The van der Waals surface area contributed by atoms with E-state index in [-0.39, 0.29) is 11.3 Å². The number of nitrogens with one attached hydrogen (secondary N) is 1. The monoisotopic (exact) mass is 313 g/mol. The third-order valence-corrected chi connectivity index (χ3v) is 3.94. The van der Waals surface area contributed by atoms with Crippen LogP contribution in [0.4, 0.5) is 5.69 Å². The van der Waals surface area contributed by atoms with E-state index in [1.54, 1.807) is 6.07 Å². The van der Waals surface area contributed by atoms with Gasteiger partial charge in [0.15, 0.2) is 0 Å². The minimum atomic E-state index is -0.588. The van der Waals surface area contributed by atoms with Crippen molar-refractivity contribution in [3.05, 3.63) is 63.7 Å². The number of carbonyl (C=O) groups excluding carboxylic acids is 1. The van der Waals surface area contributed by atoms with Gasteiger partial charge in [-0.3, -0.25) is 14.9 Å². The van der Waals surface area contributed by atoms with Gasteiger partial charge >= 0.3 is 0 Å². The molecule has 6 nitrogen and oxygen atoms in total. The van der Waals surface area contributed by atoms with Gasteiger partial charge in [-0.15, -0.1) is 0 Å². The van der Waals surface area contributed by atoms with E-state index in [2.05, 4.69) is 23.2 Å². The molecule has 0 saturated heterocycles. The smallest absolute Gasteiger partial charge is 0.267 e. The van der Waals surface area contributed by atoms with Crippen molar-refractivity contribution in [1.82, 2.24) is 5.43 Å². The summed E-state index contributed by atoms with van der Waals surface area (Å²) in [4.78, 5) is 22.6. The van der Waals surface area contributed by atoms with E-state index in [9.17, 15) is 14.9 Å². The molecule has 1 aliphatic rings. The molecule has 1 unspecified atom stereocenters. The number of nitro benzene ring substituents is 1. The van der Waals surface area contributed by atoms with Gasteiger partial charge in [-0.25, -0.2) is 5.43 Å². The molecule has 120 valence electrons. The van der Waals surface area contributed by atoms with E-state index in [4.69, 9.17) is 0 Å². The van der Waals surface area contributed by atoms with Crippen LogP contribution in [0.2, 0.25) is 0 Å².